The summed E-state index contributed by atoms with van der Waals surface area (Å²) in [6.07, 6.45) is 3.76. The van der Waals surface area contributed by atoms with Gasteiger partial charge in [-0.05, 0) is 38.3 Å². The zero-order chi connectivity index (χ0) is 11.4. The van der Waals surface area contributed by atoms with Crippen molar-refractivity contribution in [1.29, 1.82) is 0 Å². The Morgan fingerprint density at radius 3 is 3.06 bits per heavy atom. The van der Waals surface area contributed by atoms with Gasteiger partial charge in [0, 0.05) is 17.9 Å². The molecule has 2 rings (SSSR count). The molecule has 1 unspecified atom stereocenters. The fourth-order valence-corrected chi connectivity index (χ4v) is 1.91. The second-order valence-corrected chi connectivity index (χ2v) is 4.27. The first kappa shape index (κ1) is 11.3. The van der Waals surface area contributed by atoms with Crippen LogP contribution in [0.3, 0.4) is 0 Å². The summed E-state index contributed by atoms with van der Waals surface area (Å²) >= 11 is 0. The lowest BCUT2D eigenvalue weighted by Gasteiger charge is -2.23. The quantitative estimate of drug-likeness (QED) is 0.798. The van der Waals surface area contributed by atoms with Gasteiger partial charge in [-0.15, -0.1) is 0 Å². The second kappa shape index (κ2) is 5.21. The van der Waals surface area contributed by atoms with E-state index in [0.717, 1.165) is 30.0 Å². The number of hydrogen-bond acceptors (Lipinski definition) is 3. The molecular weight excluding hydrogens is 202 g/mol. The highest BCUT2D eigenvalue weighted by Gasteiger charge is 2.14. The molecule has 0 saturated carbocycles. The maximum absolute atomic E-state index is 5.82. The molecule has 3 heteroatoms. The van der Waals surface area contributed by atoms with Crippen molar-refractivity contribution in [3.8, 4) is 5.75 Å². The van der Waals surface area contributed by atoms with Gasteiger partial charge < -0.3 is 15.2 Å². The van der Waals surface area contributed by atoms with Crippen LogP contribution in [0.4, 0.5) is 5.69 Å². The van der Waals surface area contributed by atoms with Gasteiger partial charge in [0.15, 0.2) is 0 Å². The van der Waals surface area contributed by atoms with Crippen molar-refractivity contribution in [3.63, 3.8) is 0 Å². The van der Waals surface area contributed by atoms with Crippen molar-refractivity contribution in [3.05, 3.63) is 23.8 Å². The van der Waals surface area contributed by atoms with Crippen LogP contribution in [0.15, 0.2) is 18.2 Å². The van der Waals surface area contributed by atoms with E-state index in [1.54, 1.807) is 0 Å². The molecule has 0 amide bonds. The van der Waals surface area contributed by atoms with Crippen molar-refractivity contribution >= 4 is 5.69 Å². The molecular formula is C13H19NO2. The molecule has 1 saturated heterocycles. The maximum atomic E-state index is 5.82. The van der Waals surface area contributed by atoms with Crippen LogP contribution >= 0.6 is 0 Å². The zero-order valence-corrected chi connectivity index (χ0v) is 9.74. The summed E-state index contributed by atoms with van der Waals surface area (Å²) < 4.78 is 11.4. The number of ether oxygens (including phenoxy) is 2. The summed E-state index contributed by atoms with van der Waals surface area (Å²) in [5.41, 5.74) is 7.61. The monoisotopic (exact) mass is 221 g/mol. The highest BCUT2D eigenvalue weighted by atomic mass is 16.5. The Balaban J connectivity index is 1.91. The normalized spacial score (nSPS) is 20.7. The van der Waals surface area contributed by atoms with Crippen LogP contribution in [0.2, 0.25) is 0 Å². The van der Waals surface area contributed by atoms with Gasteiger partial charge in [-0.1, -0.05) is 6.07 Å². The third-order valence-electron chi connectivity index (χ3n) is 3.02. The van der Waals surface area contributed by atoms with Crippen LogP contribution < -0.4 is 10.5 Å². The van der Waals surface area contributed by atoms with Crippen LogP contribution in [-0.2, 0) is 4.74 Å². The number of hydrogen-bond donors (Lipinski definition) is 1. The smallest absolute Gasteiger partial charge is 0.124 e. The van der Waals surface area contributed by atoms with Crippen molar-refractivity contribution in [2.45, 2.75) is 32.3 Å². The van der Waals surface area contributed by atoms with Crippen LogP contribution in [0.25, 0.3) is 0 Å². The molecule has 0 radical (unpaired) electrons. The lowest BCUT2D eigenvalue weighted by Crippen LogP contribution is -2.25. The predicted molar refractivity (Wildman–Crippen MR) is 64.7 cm³/mol. The van der Waals surface area contributed by atoms with Gasteiger partial charge in [-0.2, -0.15) is 0 Å². The summed E-state index contributed by atoms with van der Waals surface area (Å²) in [4.78, 5) is 0. The minimum Gasteiger partial charge on any atom is -0.491 e. The number of anilines is 1. The number of nitrogens with two attached hydrogens (primary N) is 1. The third kappa shape index (κ3) is 2.67. The first-order valence-corrected chi connectivity index (χ1v) is 5.87. The molecule has 1 aromatic rings. The molecule has 1 fully saturated rings. The maximum Gasteiger partial charge on any atom is 0.124 e. The number of rotatable bonds is 3. The van der Waals surface area contributed by atoms with Crippen LogP contribution in [0.1, 0.15) is 24.8 Å². The average Bonchev–Trinajstić information content (AvgIpc) is 2.32. The second-order valence-electron chi connectivity index (χ2n) is 4.27. The van der Waals surface area contributed by atoms with E-state index in [4.69, 9.17) is 15.2 Å². The minimum absolute atomic E-state index is 0.245. The van der Waals surface area contributed by atoms with E-state index in [1.165, 1.54) is 12.8 Å². The highest BCUT2D eigenvalue weighted by molar-refractivity contribution is 5.53. The Morgan fingerprint density at radius 2 is 2.31 bits per heavy atom. The average molecular weight is 221 g/mol. The summed E-state index contributed by atoms with van der Waals surface area (Å²) in [5, 5.41) is 0. The Kier molecular flexibility index (Phi) is 3.67. The van der Waals surface area contributed by atoms with E-state index < -0.39 is 0 Å². The van der Waals surface area contributed by atoms with E-state index in [0.29, 0.717) is 6.61 Å². The molecule has 1 aromatic carbocycles. The molecule has 0 spiro atoms. The minimum atomic E-state index is 0.245. The topological polar surface area (TPSA) is 44.5 Å². The zero-order valence-electron chi connectivity index (χ0n) is 9.74. The molecule has 16 heavy (non-hydrogen) atoms. The van der Waals surface area contributed by atoms with E-state index in [1.807, 2.05) is 25.1 Å². The summed E-state index contributed by atoms with van der Waals surface area (Å²) in [6.45, 7) is 3.47. The Hall–Kier alpha value is -1.22. The molecule has 88 valence electrons. The Morgan fingerprint density at radius 1 is 1.44 bits per heavy atom. The van der Waals surface area contributed by atoms with Gasteiger partial charge in [0.2, 0.25) is 0 Å². The first-order chi connectivity index (χ1) is 7.77. The van der Waals surface area contributed by atoms with E-state index in [2.05, 4.69) is 0 Å². The predicted octanol–water partition coefficient (Wildman–Crippen LogP) is 2.53. The first-order valence-electron chi connectivity index (χ1n) is 5.87. The largest absolute Gasteiger partial charge is 0.491 e. The van der Waals surface area contributed by atoms with Gasteiger partial charge >= 0.3 is 0 Å². The molecule has 1 heterocycles. The van der Waals surface area contributed by atoms with Crippen LogP contribution in [0, 0.1) is 6.92 Å². The SMILES string of the molecule is Cc1c(N)cccc1OCC1CCCCO1. The van der Waals surface area contributed by atoms with Crippen molar-refractivity contribution < 1.29 is 9.47 Å². The van der Waals surface area contributed by atoms with E-state index >= 15 is 0 Å². The lowest BCUT2D eigenvalue weighted by molar-refractivity contribution is -0.0111. The lowest BCUT2D eigenvalue weighted by atomic mass is 10.1. The molecule has 0 bridgehead atoms. The van der Waals surface area contributed by atoms with Gasteiger partial charge in [0.05, 0.1) is 6.10 Å². The van der Waals surface area contributed by atoms with E-state index in [9.17, 15) is 0 Å². The fourth-order valence-electron chi connectivity index (χ4n) is 1.91. The molecule has 1 aliphatic heterocycles. The van der Waals surface area contributed by atoms with Gasteiger partial charge in [-0.3, -0.25) is 0 Å². The van der Waals surface area contributed by atoms with Crippen molar-refractivity contribution in [2.75, 3.05) is 18.9 Å². The highest BCUT2D eigenvalue weighted by Crippen LogP contribution is 2.23. The standard InChI is InChI=1S/C13H19NO2/c1-10-12(14)6-4-7-13(10)16-9-11-5-2-3-8-15-11/h4,6-7,11H,2-3,5,8-9,14H2,1H3. The molecule has 1 atom stereocenters. The molecule has 0 aliphatic carbocycles. The van der Waals surface area contributed by atoms with E-state index in [-0.39, 0.29) is 6.10 Å². The molecule has 0 aromatic heterocycles. The van der Waals surface area contributed by atoms with Crippen molar-refractivity contribution in [2.24, 2.45) is 0 Å². The Bertz CT molecular complexity index is 346. The number of benzene rings is 1. The summed E-state index contributed by atoms with van der Waals surface area (Å²) in [6, 6.07) is 5.76. The van der Waals surface area contributed by atoms with Gasteiger partial charge in [-0.25, -0.2) is 0 Å². The fraction of sp³-hybridized carbons (Fsp3) is 0.538. The Labute approximate surface area is 96.5 Å². The third-order valence-corrected chi connectivity index (χ3v) is 3.02. The molecule has 3 nitrogen and oxygen atoms in total. The van der Waals surface area contributed by atoms with Crippen molar-refractivity contribution in [1.82, 2.24) is 0 Å². The van der Waals surface area contributed by atoms with Gasteiger partial charge in [0.25, 0.3) is 0 Å². The molecule has 2 N–H and O–H groups in total. The van der Waals surface area contributed by atoms with Crippen LogP contribution in [0.5, 0.6) is 5.75 Å². The number of nitrogen functional groups attached to an aromatic ring is 1. The van der Waals surface area contributed by atoms with Crippen LogP contribution in [-0.4, -0.2) is 19.3 Å². The summed E-state index contributed by atoms with van der Waals surface area (Å²) in [7, 11) is 0. The molecule has 1 aliphatic rings. The summed E-state index contributed by atoms with van der Waals surface area (Å²) in [5.74, 6) is 0.870. The van der Waals surface area contributed by atoms with Gasteiger partial charge in [0.1, 0.15) is 12.4 Å².